The number of pyridine rings is 1. The Balaban J connectivity index is 1.81. The number of hydrogen-bond acceptors (Lipinski definition) is 1. The molecule has 0 fully saturated rings. The van der Waals surface area contributed by atoms with Gasteiger partial charge in [0.15, 0.2) is 8.07 Å². The maximum Gasteiger partial charge on any atom is 0.180 e. The van der Waals surface area contributed by atoms with Crippen molar-refractivity contribution in [1.29, 1.82) is 0 Å². The Morgan fingerprint density at radius 1 is 0.559 bits per heavy atom. The molecule has 0 radical (unpaired) electrons. The van der Waals surface area contributed by atoms with Crippen molar-refractivity contribution in [1.82, 2.24) is 4.98 Å². The minimum absolute atomic E-state index is 0.795. The van der Waals surface area contributed by atoms with Crippen molar-refractivity contribution >= 4 is 28.8 Å². The van der Waals surface area contributed by atoms with Gasteiger partial charge in [-0.25, -0.2) is 4.98 Å². The van der Waals surface area contributed by atoms with E-state index in [-0.39, 0.29) is 0 Å². The molecule has 0 atom stereocenters. The number of aryl methyl sites for hydroxylation is 1. The third-order valence-corrected chi connectivity index (χ3v) is 11.2. The molecule has 0 bridgehead atoms. The van der Waals surface area contributed by atoms with E-state index in [1.54, 1.807) is 0 Å². The van der Waals surface area contributed by atoms with E-state index in [2.05, 4.69) is 116 Å². The van der Waals surface area contributed by atoms with Gasteiger partial charge >= 0.3 is 0 Å². The highest BCUT2D eigenvalue weighted by Crippen LogP contribution is 2.12. The van der Waals surface area contributed by atoms with Crippen molar-refractivity contribution in [2.75, 3.05) is 0 Å². The van der Waals surface area contributed by atoms with Crippen LogP contribution in [0.25, 0.3) is 0 Å². The largest absolute Gasteiger partial charge is 0.248 e. The first-order valence-electron chi connectivity index (χ1n) is 11.5. The quantitative estimate of drug-likeness (QED) is 0.227. The van der Waals surface area contributed by atoms with Crippen LogP contribution in [0.3, 0.4) is 0 Å². The highest BCUT2D eigenvalue weighted by atomic mass is 28.3. The summed E-state index contributed by atoms with van der Waals surface area (Å²) in [5, 5.41) is 5.37. The Morgan fingerprint density at radius 3 is 1.47 bits per heavy atom. The fourth-order valence-corrected chi connectivity index (χ4v) is 9.70. The van der Waals surface area contributed by atoms with Gasteiger partial charge in [0.05, 0.1) is 0 Å². The van der Waals surface area contributed by atoms with Gasteiger partial charge in [0, 0.05) is 11.8 Å². The van der Waals surface area contributed by atoms with Crippen molar-refractivity contribution in [3.8, 4) is 11.8 Å². The predicted molar refractivity (Wildman–Crippen MR) is 145 cm³/mol. The Kier molecular flexibility index (Phi) is 6.20. The molecule has 0 N–H and O–H groups in total. The Labute approximate surface area is 202 Å². The molecule has 0 amide bonds. The fourth-order valence-electron chi connectivity index (χ4n) is 4.68. The maximum absolute atomic E-state index is 4.70. The van der Waals surface area contributed by atoms with Crippen molar-refractivity contribution < 1.29 is 0 Å². The van der Waals surface area contributed by atoms with Gasteiger partial charge in [-0.3, -0.25) is 0 Å². The van der Waals surface area contributed by atoms with E-state index in [4.69, 9.17) is 4.98 Å². The first kappa shape index (κ1) is 21.6. The summed E-state index contributed by atoms with van der Waals surface area (Å²) < 4.78 is 0. The van der Waals surface area contributed by atoms with E-state index in [1.165, 1.54) is 26.3 Å². The van der Waals surface area contributed by atoms with Crippen LogP contribution in [0.4, 0.5) is 0 Å². The van der Waals surface area contributed by atoms with Gasteiger partial charge in [0.1, 0.15) is 5.69 Å². The molecule has 0 saturated carbocycles. The molecule has 0 saturated heterocycles. The zero-order chi connectivity index (χ0) is 23.2. The van der Waals surface area contributed by atoms with Crippen LogP contribution >= 0.6 is 0 Å². The molecule has 162 valence electrons. The number of aromatic nitrogens is 1. The normalized spacial score (nSPS) is 10.9. The van der Waals surface area contributed by atoms with Crippen molar-refractivity contribution in [2.45, 2.75) is 6.92 Å². The molecular weight excluding hydrogens is 426 g/mol. The zero-order valence-corrected chi connectivity index (χ0v) is 20.1. The Morgan fingerprint density at radius 2 is 1.00 bits per heavy atom. The molecule has 0 spiro atoms. The van der Waals surface area contributed by atoms with Crippen LogP contribution in [0.1, 0.15) is 16.8 Å². The van der Waals surface area contributed by atoms with Crippen LogP contribution in [0.5, 0.6) is 0 Å². The van der Waals surface area contributed by atoms with E-state index in [9.17, 15) is 0 Å². The highest BCUT2D eigenvalue weighted by Gasteiger charge is 2.42. The van der Waals surface area contributed by atoms with E-state index >= 15 is 0 Å². The molecule has 5 rings (SSSR count). The van der Waals surface area contributed by atoms with Crippen molar-refractivity contribution in [2.24, 2.45) is 0 Å². The molecule has 0 aliphatic carbocycles. The summed E-state index contributed by atoms with van der Waals surface area (Å²) in [5.41, 5.74) is 2.97. The van der Waals surface area contributed by atoms with E-state index in [0.29, 0.717) is 0 Å². The average molecular weight is 452 g/mol. The molecule has 1 heterocycles. The van der Waals surface area contributed by atoms with Crippen LogP contribution in [0, 0.1) is 18.8 Å². The molecule has 34 heavy (non-hydrogen) atoms. The molecule has 2 heteroatoms. The van der Waals surface area contributed by atoms with Gasteiger partial charge in [-0.2, -0.15) is 0 Å². The topological polar surface area (TPSA) is 12.9 Å². The van der Waals surface area contributed by atoms with Crippen LogP contribution in [-0.2, 0) is 0 Å². The smallest absolute Gasteiger partial charge is 0.180 e. The average Bonchev–Trinajstić information content (AvgIpc) is 2.92. The van der Waals surface area contributed by atoms with Crippen LogP contribution in [-0.4, -0.2) is 13.1 Å². The molecule has 0 aliphatic rings. The number of rotatable bonds is 4. The monoisotopic (exact) mass is 451 g/mol. The molecule has 0 unspecified atom stereocenters. The number of benzene rings is 4. The standard InChI is InChI=1S/C32H25NSi/c1-26-25-33-28(23-22-27-14-6-2-7-15-27)24-32(26)34(29-16-8-3-9-17-29,30-18-10-4-11-19-30)31-20-12-5-13-21-31/h2-21,24-25H,1H3. The van der Waals surface area contributed by atoms with Gasteiger partial charge in [0.25, 0.3) is 0 Å². The summed E-state index contributed by atoms with van der Waals surface area (Å²) in [5.74, 6) is 6.60. The Hall–Kier alpha value is -4.19. The summed E-state index contributed by atoms with van der Waals surface area (Å²) in [6.45, 7) is 2.17. The van der Waals surface area contributed by atoms with Gasteiger partial charge in [-0.05, 0) is 57.4 Å². The minimum atomic E-state index is -2.59. The molecule has 0 aliphatic heterocycles. The summed E-state index contributed by atoms with van der Waals surface area (Å²) in [6, 6.07) is 45.1. The second-order valence-corrected chi connectivity index (χ2v) is 12.1. The first-order valence-corrected chi connectivity index (χ1v) is 13.5. The fraction of sp³-hybridized carbons (Fsp3) is 0.0312. The molecule has 1 nitrogen and oxygen atoms in total. The SMILES string of the molecule is Cc1cnc(C#Cc2ccccc2)cc1[Si](c1ccccc1)(c1ccccc1)c1ccccc1. The van der Waals surface area contributed by atoms with Gasteiger partial charge in [-0.15, -0.1) is 0 Å². The number of nitrogens with zero attached hydrogens (tertiary/aromatic N) is 1. The summed E-state index contributed by atoms with van der Waals surface area (Å²) in [6.07, 6.45) is 1.99. The lowest BCUT2D eigenvalue weighted by Gasteiger charge is -2.35. The van der Waals surface area contributed by atoms with Crippen molar-refractivity contribution in [3.05, 3.63) is 150 Å². The first-order chi connectivity index (χ1) is 16.8. The van der Waals surface area contributed by atoms with Gasteiger partial charge in [-0.1, -0.05) is 115 Å². The molecule has 4 aromatic carbocycles. The minimum Gasteiger partial charge on any atom is -0.248 e. The lowest BCUT2D eigenvalue weighted by atomic mass is 10.2. The van der Waals surface area contributed by atoms with Crippen LogP contribution < -0.4 is 20.7 Å². The van der Waals surface area contributed by atoms with E-state index < -0.39 is 8.07 Å². The summed E-state index contributed by atoms with van der Waals surface area (Å²) in [7, 11) is -2.59. The molecule has 5 aromatic rings. The van der Waals surface area contributed by atoms with Crippen LogP contribution in [0.15, 0.2) is 134 Å². The highest BCUT2D eigenvalue weighted by molar-refractivity contribution is 7.20. The van der Waals surface area contributed by atoms with Gasteiger partial charge in [0.2, 0.25) is 0 Å². The maximum atomic E-state index is 4.70. The number of hydrogen-bond donors (Lipinski definition) is 0. The summed E-state index contributed by atoms with van der Waals surface area (Å²) >= 11 is 0. The Bertz CT molecular complexity index is 1340. The van der Waals surface area contributed by atoms with Crippen molar-refractivity contribution in [3.63, 3.8) is 0 Å². The lowest BCUT2D eigenvalue weighted by Crippen LogP contribution is -2.75. The third-order valence-electron chi connectivity index (χ3n) is 6.24. The molecular formula is C32H25NSi. The third kappa shape index (κ3) is 4.10. The lowest BCUT2D eigenvalue weighted by molar-refractivity contribution is 1.25. The van der Waals surface area contributed by atoms with E-state index in [0.717, 1.165) is 11.3 Å². The molecule has 1 aromatic heterocycles. The second-order valence-electron chi connectivity index (χ2n) is 8.35. The van der Waals surface area contributed by atoms with Crippen LogP contribution in [0.2, 0.25) is 0 Å². The van der Waals surface area contributed by atoms with E-state index in [1.807, 2.05) is 36.5 Å². The summed E-state index contributed by atoms with van der Waals surface area (Å²) in [4.78, 5) is 4.70. The second kappa shape index (κ2) is 9.75. The predicted octanol–water partition coefficient (Wildman–Crippen LogP) is 4.17. The van der Waals surface area contributed by atoms with Gasteiger partial charge < -0.3 is 0 Å². The zero-order valence-electron chi connectivity index (χ0n) is 19.1.